The van der Waals surface area contributed by atoms with E-state index in [1.54, 1.807) is 30.5 Å². The highest BCUT2D eigenvalue weighted by Gasteiger charge is 2.02. The Balaban J connectivity index is 1.74. The summed E-state index contributed by atoms with van der Waals surface area (Å²) in [6.07, 6.45) is 3.86. The summed E-state index contributed by atoms with van der Waals surface area (Å²) in [5.41, 5.74) is 1.01. The van der Waals surface area contributed by atoms with Gasteiger partial charge in [-0.1, -0.05) is 19.1 Å². The summed E-state index contributed by atoms with van der Waals surface area (Å²) in [7, 11) is 1.73. The number of thiazole rings is 1. The Morgan fingerprint density at radius 1 is 1.27 bits per heavy atom. The van der Waals surface area contributed by atoms with E-state index in [2.05, 4.69) is 27.5 Å². The monoisotopic (exact) mass is 320 g/mol. The molecule has 22 heavy (non-hydrogen) atoms. The summed E-state index contributed by atoms with van der Waals surface area (Å²) in [4.78, 5) is 9.88. The molecule has 118 valence electrons. The summed E-state index contributed by atoms with van der Waals surface area (Å²) in [6.45, 7) is 3.52. The molecule has 1 heterocycles. The lowest BCUT2D eigenvalue weighted by atomic mass is 10.2. The van der Waals surface area contributed by atoms with Crippen LogP contribution in [-0.4, -0.2) is 24.5 Å². The van der Waals surface area contributed by atoms with Crippen molar-refractivity contribution in [3.8, 4) is 0 Å². The van der Waals surface area contributed by atoms with E-state index < -0.39 is 0 Å². The number of hydrogen-bond acceptors (Lipinski definition) is 3. The number of hydrogen-bond donors (Lipinski definition) is 2. The van der Waals surface area contributed by atoms with Crippen LogP contribution in [0.5, 0.6) is 0 Å². The second-order valence-corrected chi connectivity index (χ2v) is 6.00. The number of guanidine groups is 1. The first-order valence-electron chi connectivity index (χ1n) is 7.33. The Labute approximate surface area is 134 Å². The summed E-state index contributed by atoms with van der Waals surface area (Å²) in [5, 5.41) is 7.60. The molecule has 2 rings (SSSR count). The topological polar surface area (TPSA) is 49.3 Å². The first-order chi connectivity index (χ1) is 10.7. The minimum absolute atomic E-state index is 0.221. The highest BCUT2D eigenvalue weighted by atomic mass is 32.1. The number of aromatic nitrogens is 1. The highest BCUT2D eigenvalue weighted by molar-refractivity contribution is 7.11. The zero-order valence-electron chi connectivity index (χ0n) is 12.9. The van der Waals surface area contributed by atoms with Crippen molar-refractivity contribution in [1.82, 2.24) is 15.6 Å². The Hall–Kier alpha value is -1.95. The first-order valence-corrected chi connectivity index (χ1v) is 8.15. The quantitative estimate of drug-likeness (QED) is 0.635. The second-order valence-electron chi connectivity index (χ2n) is 4.80. The van der Waals surface area contributed by atoms with E-state index in [0.29, 0.717) is 6.54 Å². The van der Waals surface area contributed by atoms with Crippen molar-refractivity contribution < 1.29 is 4.39 Å². The van der Waals surface area contributed by atoms with Crippen LogP contribution in [0.2, 0.25) is 0 Å². The zero-order chi connectivity index (χ0) is 15.8. The molecule has 0 saturated carbocycles. The molecular weight excluding hydrogens is 299 g/mol. The smallest absolute Gasteiger partial charge is 0.191 e. The van der Waals surface area contributed by atoms with Gasteiger partial charge in [0.1, 0.15) is 5.82 Å². The zero-order valence-corrected chi connectivity index (χ0v) is 13.7. The van der Waals surface area contributed by atoms with Crippen LogP contribution < -0.4 is 10.6 Å². The Morgan fingerprint density at radius 3 is 2.68 bits per heavy atom. The third-order valence-corrected chi connectivity index (χ3v) is 4.38. The van der Waals surface area contributed by atoms with Crippen LogP contribution in [0, 0.1) is 5.82 Å². The standard InChI is InChI=1S/C16H21FN4S/c1-3-14-11-20-15(22-14)8-9-19-16(18-2)21-10-12-4-6-13(17)7-5-12/h4-7,11H,3,8-10H2,1-2H3,(H2,18,19,21). The molecule has 1 aromatic carbocycles. The number of aliphatic imine (C=N–C) groups is 1. The molecule has 2 N–H and O–H groups in total. The Morgan fingerprint density at radius 2 is 2.05 bits per heavy atom. The molecule has 0 unspecified atom stereocenters. The molecule has 0 fully saturated rings. The van der Waals surface area contributed by atoms with Gasteiger partial charge in [0.15, 0.2) is 5.96 Å². The number of benzene rings is 1. The summed E-state index contributed by atoms with van der Waals surface area (Å²) in [5.74, 6) is 0.512. The molecule has 0 amide bonds. The minimum Gasteiger partial charge on any atom is -0.356 e. The average molecular weight is 320 g/mol. The van der Waals surface area contributed by atoms with E-state index in [0.717, 1.165) is 35.9 Å². The van der Waals surface area contributed by atoms with Gasteiger partial charge in [-0.3, -0.25) is 4.99 Å². The maximum atomic E-state index is 12.8. The van der Waals surface area contributed by atoms with E-state index in [1.807, 2.05) is 6.20 Å². The van der Waals surface area contributed by atoms with Gasteiger partial charge in [0.05, 0.1) is 5.01 Å². The molecule has 0 spiro atoms. The van der Waals surface area contributed by atoms with Crippen LogP contribution in [0.15, 0.2) is 35.5 Å². The number of nitrogens with zero attached hydrogens (tertiary/aromatic N) is 2. The Kier molecular flexibility index (Phi) is 6.33. The lowest BCUT2D eigenvalue weighted by Crippen LogP contribution is -2.37. The van der Waals surface area contributed by atoms with Gasteiger partial charge < -0.3 is 10.6 Å². The van der Waals surface area contributed by atoms with Crippen LogP contribution in [0.4, 0.5) is 4.39 Å². The third kappa shape index (κ3) is 5.11. The van der Waals surface area contributed by atoms with E-state index in [1.165, 1.54) is 17.0 Å². The first kappa shape index (κ1) is 16.4. The highest BCUT2D eigenvalue weighted by Crippen LogP contribution is 2.13. The second kappa shape index (κ2) is 8.48. The summed E-state index contributed by atoms with van der Waals surface area (Å²) in [6, 6.07) is 6.44. The third-order valence-electron chi connectivity index (χ3n) is 3.18. The van der Waals surface area contributed by atoms with Gasteiger partial charge in [0, 0.05) is 37.6 Å². The molecule has 0 bridgehead atoms. The average Bonchev–Trinajstić information content (AvgIpc) is 3.00. The molecule has 0 saturated heterocycles. The molecule has 0 radical (unpaired) electrons. The Bertz CT molecular complexity index is 607. The largest absolute Gasteiger partial charge is 0.356 e. The van der Waals surface area contributed by atoms with Crippen LogP contribution in [0.1, 0.15) is 22.4 Å². The minimum atomic E-state index is -0.221. The van der Waals surface area contributed by atoms with Crippen LogP contribution in [-0.2, 0) is 19.4 Å². The predicted molar refractivity (Wildman–Crippen MR) is 89.8 cm³/mol. The SMILES string of the molecule is CCc1cnc(CCNC(=NC)NCc2ccc(F)cc2)s1. The molecule has 0 atom stereocenters. The summed E-state index contributed by atoms with van der Waals surface area (Å²) < 4.78 is 12.8. The van der Waals surface area contributed by atoms with Crippen LogP contribution in [0.25, 0.3) is 0 Å². The fourth-order valence-corrected chi connectivity index (χ4v) is 2.79. The predicted octanol–water partition coefficient (Wildman–Crippen LogP) is 2.75. The molecule has 6 heteroatoms. The molecule has 1 aromatic heterocycles. The van der Waals surface area contributed by atoms with Crippen molar-refractivity contribution in [3.63, 3.8) is 0 Å². The number of halogens is 1. The fraction of sp³-hybridized carbons (Fsp3) is 0.375. The van der Waals surface area contributed by atoms with Gasteiger partial charge in [-0.15, -0.1) is 11.3 Å². The number of nitrogens with one attached hydrogen (secondary N) is 2. The van der Waals surface area contributed by atoms with E-state index in [-0.39, 0.29) is 5.82 Å². The molecule has 0 aliphatic carbocycles. The van der Waals surface area contributed by atoms with Gasteiger partial charge in [0.25, 0.3) is 0 Å². The van der Waals surface area contributed by atoms with Crippen molar-refractivity contribution in [1.29, 1.82) is 0 Å². The van der Waals surface area contributed by atoms with Gasteiger partial charge in [-0.2, -0.15) is 0 Å². The van der Waals surface area contributed by atoms with Crippen molar-refractivity contribution in [3.05, 3.63) is 51.7 Å². The maximum absolute atomic E-state index is 12.8. The van der Waals surface area contributed by atoms with Crippen LogP contribution in [0.3, 0.4) is 0 Å². The van der Waals surface area contributed by atoms with Gasteiger partial charge in [0.2, 0.25) is 0 Å². The van der Waals surface area contributed by atoms with E-state index in [9.17, 15) is 4.39 Å². The molecule has 2 aromatic rings. The van der Waals surface area contributed by atoms with Gasteiger partial charge in [-0.25, -0.2) is 9.37 Å². The van der Waals surface area contributed by atoms with E-state index in [4.69, 9.17) is 0 Å². The number of aryl methyl sites for hydroxylation is 1. The van der Waals surface area contributed by atoms with Crippen LogP contribution >= 0.6 is 11.3 Å². The molecule has 4 nitrogen and oxygen atoms in total. The van der Waals surface area contributed by atoms with Gasteiger partial charge in [-0.05, 0) is 24.1 Å². The van der Waals surface area contributed by atoms with Crippen molar-refractivity contribution in [2.75, 3.05) is 13.6 Å². The summed E-state index contributed by atoms with van der Waals surface area (Å²) >= 11 is 1.76. The number of rotatable bonds is 6. The molecular formula is C16H21FN4S. The van der Waals surface area contributed by atoms with Crippen molar-refractivity contribution in [2.45, 2.75) is 26.3 Å². The lowest BCUT2D eigenvalue weighted by Gasteiger charge is -2.11. The molecule has 0 aliphatic rings. The lowest BCUT2D eigenvalue weighted by molar-refractivity contribution is 0.626. The van der Waals surface area contributed by atoms with Crippen molar-refractivity contribution in [2.24, 2.45) is 4.99 Å². The molecule has 0 aliphatic heterocycles. The fourth-order valence-electron chi connectivity index (χ4n) is 1.92. The maximum Gasteiger partial charge on any atom is 0.191 e. The van der Waals surface area contributed by atoms with Gasteiger partial charge >= 0.3 is 0 Å². The van der Waals surface area contributed by atoms with Crippen molar-refractivity contribution >= 4 is 17.3 Å². The normalized spacial score (nSPS) is 11.5. The van der Waals surface area contributed by atoms with E-state index >= 15 is 0 Å².